The highest BCUT2D eigenvalue weighted by Crippen LogP contribution is 2.19. The highest BCUT2D eigenvalue weighted by Gasteiger charge is 2.22. The molecular formula is C18H38O7. The quantitative estimate of drug-likeness (QED) is 0.332. The molecule has 0 heterocycles. The molecule has 0 aliphatic heterocycles. The minimum absolute atomic E-state index is 0.0870. The molecule has 0 aliphatic carbocycles. The van der Waals surface area contributed by atoms with Crippen LogP contribution in [0.2, 0.25) is 0 Å². The van der Waals surface area contributed by atoms with Gasteiger partial charge in [-0.25, -0.2) is 0 Å². The molecule has 0 amide bonds. The van der Waals surface area contributed by atoms with Gasteiger partial charge in [0.1, 0.15) is 6.10 Å². The first-order chi connectivity index (χ1) is 11.7. The number of aliphatic hydroxyl groups is 3. The van der Waals surface area contributed by atoms with E-state index in [1.807, 2.05) is 27.7 Å². The van der Waals surface area contributed by atoms with Crippen LogP contribution in [0.3, 0.4) is 0 Å². The zero-order valence-electron chi connectivity index (χ0n) is 16.3. The van der Waals surface area contributed by atoms with Crippen LogP contribution < -0.4 is 0 Å². The third kappa shape index (κ3) is 15.7. The molecule has 1 atom stereocenters. The molecule has 0 rings (SSSR count). The van der Waals surface area contributed by atoms with Crippen LogP contribution in [-0.4, -0.2) is 85.5 Å². The summed E-state index contributed by atoms with van der Waals surface area (Å²) >= 11 is 0. The molecule has 25 heavy (non-hydrogen) atoms. The van der Waals surface area contributed by atoms with Gasteiger partial charge in [-0.15, -0.1) is 0 Å². The van der Waals surface area contributed by atoms with E-state index in [0.29, 0.717) is 39.3 Å². The molecule has 0 saturated carbocycles. The average molecular weight is 366 g/mol. The van der Waals surface area contributed by atoms with Crippen molar-refractivity contribution in [3.05, 3.63) is 0 Å². The number of hydrogen-bond acceptors (Lipinski definition) is 7. The van der Waals surface area contributed by atoms with E-state index in [4.69, 9.17) is 29.2 Å². The molecule has 0 spiro atoms. The third-order valence-corrected chi connectivity index (χ3v) is 3.70. The monoisotopic (exact) mass is 366 g/mol. The SMILES string of the molecule is CC(C)(CCO)OCCC(C)(C)OCCOCC(O)COCCCO. The smallest absolute Gasteiger partial charge is 0.101 e. The molecule has 3 N–H and O–H groups in total. The summed E-state index contributed by atoms with van der Waals surface area (Å²) in [7, 11) is 0. The second kappa shape index (κ2) is 13.9. The van der Waals surface area contributed by atoms with Crippen LogP contribution in [-0.2, 0) is 18.9 Å². The fraction of sp³-hybridized carbons (Fsp3) is 1.00. The zero-order chi connectivity index (χ0) is 19.2. The van der Waals surface area contributed by atoms with E-state index in [9.17, 15) is 5.11 Å². The highest BCUT2D eigenvalue weighted by atomic mass is 16.5. The van der Waals surface area contributed by atoms with Gasteiger partial charge in [-0.2, -0.15) is 0 Å². The summed E-state index contributed by atoms with van der Waals surface area (Å²) in [6.45, 7) is 10.3. The fourth-order valence-corrected chi connectivity index (χ4v) is 2.02. The predicted molar refractivity (Wildman–Crippen MR) is 95.7 cm³/mol. The lowest BCUT2D eigenvalue weighted by molar-refractivity contribution is -0.0927. The van der Waals surface area contributed by atoms with Crippen LogP contribution in [0.25, 0.3) is 0 Å². The molecule has 0 fully saturated rings. The van der Waals surface area contributed by atoms with Crippen LogP contribution >= 0.6 is 0 Å². The van der Waals surface area contributed by atoms with E-state index in [1.165, 1.54) is 0 Å². The van der Waals surface area contributed by atoms with Crippen molar-refractivity contribution in [3.8, 4) is 0 Å². The Bertz CT molecular complexity index is 308. The summed E-state index contributed by atoms with van der Waals surface area (Å²) in [5.41, 5.74) is -0.659. The van der Waals surface area contributed by atoms with Crippen LogP contribution in [0.1, 0.15) is 47.0 Å². The van der Waals surface area contributed by atoms with Crippen molar-refractivity contribution in [1.82, 2.24) is 0 Å². The Morgan fingerprint density at radius 3 is 1.88 bits per heavy atom. The molecule has 0 radical (unpaired) electrons. The minimum atomic E-state index is -0.672. The van der Waals surface area contributed by atoms with Crippen molar-refractivity contribution in [2.24, 2.45) is 0 Å². The maximum absolute atomic E-state index is 9.66. The molecular weight excluding hydrogens is 328 g/mol. The molecule has 0 aromatic heterocycles. The second-order valence-electron chi connectivity index (χ2n) is 7.32. The lowest BCUT2D eigenvalue weighted by Crippen LogP contribution is -2.32. The average Bonchev–Trinajstić information content (AvgIpc) is 2.50. The Balaban J connectivity index is 3.68. The lowest BCUT2D eigenvalue weighted by atomic mass is 10.0. The molecule has 1 unspecified atom stereocenters. The number of ether oxygens (including phenoxy) is 4. The van der Waals surface area contributed by atoms with E-state index >= 15 is 0 Å². The lowest BCUT2D eigenvalue weighted by Gasteiger charge is -2.29. The Labute approximate surface area is 152 Å². The van der Waals surface area contributed by atoms with E-state index in [-0.39, 0.29) is 37.6 Å². The molecule has 0 saturated heterocycles. The van der Waals surface area contributed by atoms with Gasteiger partial charge in [-0.1, -0.05) is 0 Å². The Kier molecular flexibility index (Phi) is 13.7. The van der Waals surface area contributed by atoms with Gasteiger partial charge < -0.3 is 34.3 Å². The Morgan fingerprint density at radius 2 is 1.28 bits per heavy atom. The summed E-state index contributed by atoms with van der Waals surface area (Å²) < 4.78 is 22.2. The predicted octanol–water partition coefficient (Wildman–Crippen LogP) is 1.13. The van der Waals surface area contributed by atoms with Gasteiger partial charge in [0.2, 0.25) is 0 Å². The topological polar surface area (TPSA) is 97.6 Å². The van der Waals surface area contributed by atoms with Gasteiger partial charge in [0.25, 0.3) is 0 Å². The largest absolute Gasteiger partial charge is 0.396 e. The molecule has 0 aromatic carbocycles. The molecule has 7 heteroatoms. The van der Waals surface area contributed by atoms with E-state index < -0.39 is 6.10 Å². The normalized spacial score (nSPS) is 14.0. The number of hydrogen-bond donors (Lipinski definition) is 3. The van der Waals surface area contributed by atoms with E-state index in [0.717, 1.165) is 6.42 Å². The van der Waals surface area contributed by atoms with Crippen molar-refractivity contribution >= 4 is 0 Å². The van der Waals surface area contributed by atoms with Crippen LogP contribution in [0.4, 0.5) is 0 Å². The van der Waals surface area contributed by atoms with Gasteiger partial charge in [0.05, 0.1) is 44.2 Å². The first kappa shape index (κ1) is 24.7. The van der Waals surface area contributed by atoms with Crippen molar-refractivity contribution in [2.75, 3.05) is 52.9 Å². The molecule has 0 aliphatic rings. The summed E-state index contributed by atoms with van der Waals surface area (Å²) in [5, 5.41) is 27.3. The fourth-order valence-electron chi connectivity index (χ4n) is 2.02. The first-order valence-corrected chi connectivity index (χ1v) is 9.05. The summed E-state index contributed by atoms with van der Waals surface area (Å²) in [6, 6.07) is 0. The standard InChI is InChI=1S/C18H38O7/c1-17(2,6-9-20)24-11-7-18(3,4)25-13-12-23-15-16(21)14-22-10-5-8-19/h16,19-21H,5-15H2,1-4H3. The first-order valence-electron chi connectivity index (χ1n) is 9.05. The van der Waals surface area contributed by atoms with Crippen molar-refractivity contribution in [3.63, 3.8) is 0 Å². The maximum Gasteiger partial charge on any atom is 0.101 e. The van der Waals surface area contributed by atoms with Crippen molar-refractivity contribution < 1.29 is 34.3 Å². The van der Waals surface area contributed by atoms with Gasteiger partial charge in [0.15, 0.2) is 0 Å². The zero-order valence-corrected chi connectivity index (χ0v) is 16.3. The van der Waals surface area contributed by atoms with Crippen molar-refractivity contribution in [1.29, 1.82) is 0 Å². The molecule has 0 bridgehead atoms. The summed E-state index contributed by atoms with van der Waals surface area (Å²) in [5.74, 6) is 0. The number of rotatable bonds is 17. The van der Waals surface area contributed by atoms with E-state index in [1.54, 1.807) is 0 Å². The molecule has 0 aromatic rings. The van der Waals surface area contributed by atoms with Gasteiger partial charge >= 0.3 is 0 Å². The third-order valence-electron chi connectivity index (χ3n) is 3.70. The molecule has 152 valence electrons. The van der Waals surface area contributed by atoms with Crippen LogP contribution in [0, 0.1) is 0 Å². The Morgan fingerprint density at radius 1 is 0.720 bits per heavy atom. The van der Waals surface area contributed by atoms with Crippen LogP contribution in [0.15, 0.2) is 0 Å². The minimum Gasteiger partial charge on any atom is -0.396 e. The second-order valence-corrected chi connectivity index (χ2v) is 7.32. The van der Waals surface area contributed by atoms with E-state index in [2.05, 4.69) is 0 Å². The van der Waals surface area contributed by atoms with Gasteiger partial charge in [-0.3, -0.25) is 0 Å². The molecule has 7 nitrogen and oxygen atoms in total. The van der Waals surface area contributed by atoms with Gasteiger partial charge in [-0.05, 0) is 47.0 Å². The van der Waals surface area contributed by atoms with Crippen molar-refractivity contribution in [2.45, 2.75) is 64.3 Å². The Hall–Kier alpha value is -0.280. The maximum atomic E-state index is 9.66. The summed E-state index contributed by atoms with van der Waals surface area (Å²) in [4.78, 5) is 0. The summed E-state index contributed by atoms with van der Waals surface area (Å²) in [6.07, 6.45) is 1.24. The van der Waals surface area contributed by atoms with Crippen LogP contribution in [0.5, 0.6) is 0 Å². The highest BCUT2D eigenvalue weighted by molar-refractivity contribution is 4.72. The number of aliphatic hydroxyl groups excluding tert-OH is 3. The van der Waals surface area contributed by atoms with Gasteiger partial charge in [0, 0.05) is 19.8 Å².